The molecule has 0 spiro atoms. The normalized spacial score (nSPS) is 18.9. The Hall–Kier alpha value is -1.14. The van der Waals surface area contributed by atoms with Crippen LogP contribution in [0.5, 0.6) is 11.5 Å². The molecule has 1 saturated heterocycles. The zero-order valence-electron chi connectivity index (χ0n) is 12.3. The van der Waals surface area contributed by atoms with E-state index in [9.17, 15) is 0 Å². The van der Waals surface area contributed by atoms with Gasteiger partial charge in [-0.3, -0.25) is 0 Å². The molecule has 114 valence electrons. The van der Waals surface area contributed by atoms with Crippen LogP contribution in [0.2, 0.25) is 0 Å². The van der Waals surface area contributed by atoms with E-state index in [0.29, 0.717) is 5.25 Å². The third kappa shape index (κ3) is 2.92. The minimum atomic E-state index is 0.651. The van der Waals surface area contributed by atoms with Crippen molar-refractivity contribution in [3.8, 4) is 11.5 Å². The van der Waals surface area contributed by atoms with E-state index in [0.717, 1.165) is 33.8 Å². The van der Waals surface area contributed by atoms with Crippen molar-refractivity contribution in [1.29, 1.82) is 0 Å². The zero-order valence-corrected chi connectivity index (χ0v) is 14.0. The van der Waals surface area contributed by atoms with Crippen molar-refractivity contribution in [2.24, 2.45) is 0 Å². The summed E-state index contributed by atoms with van der Waals surface area (Å²) in [5, 5.41) is 0.651. The van der Waals surface area contributed by atoms with Gasteiger partial charge in [-0.05, 0) is 30.8 Å². The van der Waals surface area contributed by atoms with Crippen molar-refractivity contribution in [2.45, 2.75) is 31.1 Å². The van der Waals surface area contributed by atoms with Gasteiger partial charge in [0.1, 0.15) is 0 Å². The number of benzene rings is 1. The maximum atomic E-state index is 5.50. The van der Waals surface area contributed by atoms with Gasteiger partial charge in [-0.15, -0.1) is 0 Å². The first kappa shape index (κ1) is 14.8. The van der Waals surface area contributed by atoms with Crippen molar-refractivity contribution in [3.05, 3.63) is 16.9 Å². The maximum Gasteiger partial charge on any atom is 0.178 e. The van der Waals surface area contributed by atoms with Crippen LogP contribution in [-0.4, -0.2) is 34.8 Å². The number of methoxy groups -OCH3 is 2. The molecule has 0 bridgehead atoms. The standard InChI is InChI=1S/C15H20N2O2S2/c1-18-13-7-11-12(8-14(13)19-2)17(15(20)16-11)9-10-5-3-4-6-21-10/h7-8,10H,3-6,9H2,1-2H3,(H,16,20). The van der Waals surface area contributed by atoms with Crippen molar-refractivity contribution < 1.29 is 9.47 Å². The van der Waals surface area contributed by atoms with E-state index < -0.39 is 0 Å². The average molecular weight is 324 g/mol. The molecule has 0 radical (unpaired) electrons. The van der Waals surface area contributed by atoms with E-state index in [2.05, 4.69) is 21.3 Å². The van der Waals surface area contributed by atoms with E-state index in [4.69, 9.17) is 21.7 Å². The average Bonchev–Trinajstić information content (AvgIpc) is 2.82. The van der Waals surface area contributed by atoms with E-state index in [1.54, 1.807) is 14.2 Å². The first-order valence-corrected chi connectivity index (χ1v) is 8.64. The number of hydrogen-bond donors (Lipinski definition) is 1. The van der Waals surface area contributed by atoms with Crippen LogP contribution in [0.4, 0.5) is 0 Å². The van der Waals surface area contributed by atoms with Crippen molar-refractivity contribution >= 4 is 35.0 Å². The molecule has 0 aliphatic carbocycles. The highest BCUT2D eigenvalue weighted by Gasteiger charge is 2.17. The summed E-state index contributed by atoms with van der Waals surface area (Å²) in [6.45, 7) is 0.957. The number of imidazole rings is 1. The molecule has 1 aliphatic rings. The van der Waals surface area contributed by atoms with E-state index >= 15 is 0 Å². The number of nitrogens with zero attached hydrogens (tertiary/aromatic N) is 1. The molecular weight excluding hydrogens is 304 g/mol. The number of rotatable bonds is 4. The molecule has 1 aromatic carbocycles. The van der Waals surface area contributed by atoms with Gasteiger partial charge in [0, 0.05) is 23.9 Å². The highest BCUT2D eigenvalue weighted by molar-refractivity contribution is 7.99. The molecule has 2 aromatic rings. The van der Waals surface area contributed by atoms with Gasteiger partial charge < -0.3 is 19.0 Å². The number of thioether (sulfide) groups is 1. The Kier molecular flexibility index (Phi) is 4.45. The lowest BCUT2D eigenvalue weighted by Gasteiger charge is -2.22. The summed E-state index contributed by atoms with van der Waals surface area (Å²) >= 11 is 7.56. The number of fused-ring (bicyclic) bond motifs is 1. The van der Waals surface area contributed by atoms with Crippen LogP contribution in [0.1, 0.15) is 19.3 Å². The van der Waals surface area contributed by atoms with E-state index in [1.165, 1.54) is 25.0 Å². The quantitative estimate of drug-likeness (QED) is 0.863. The molecule has 1 N–H and O–H groups in total. The molecule has 4 nitrogen and oxygen atoms in total. The third-order valence-electron chi connectivity index (χ3n) is 3.94. The smallest absolute Gasteiger partial charge is 0.178 e. The van der Waals surface area contributed by atoms with Crippen LogP contribution in [0.15, 0.2) is 12.1 Å². The fourth-order valence-electron chi connectivity index (χ4n) is 2.82. The first-order valence-electron chi connectivity index (χ1n) is 7.19. The highest BCUT2D eigenvalue weighted by atomic mass is 32.2. The summed E-state index contributed by atoms with van der Waals surface area (Å²) in [5.41, 5.74) is 2.09. The second-order valence-corrected chi connectivity index (χ2v) is 7.05. The van der Waals surface area contributed by atoms with Gasteiger partial charge in [-0.2, -0.15) is 11.8 Å². The number of aromatic amines is 1. The summed E-state index contributed by atoms with van der Waals surface area (Å²) in [4.78, 5) is 3.28. The lowest BCUT2D eigenvalue weighted by Crippen LogP contribution is -2.17. The van der Waals surface area contributed by atoms with Gasteiger partial charge in [-0.1, -0.05) is 6.42 Å². The van der Waals surface area contributed by atoms with Crippen LogP contribution in [0.25, 0.3) is 11.0 Å². The van der Waals surface area contributed by atoms with Gasteiger partial charge in [0.05, 0.1) is 25.3 Å². The number of aromatic nitrogens is 2. The minimum absolute atomic E-state index is 0.651. The number of ether oxygens (including phenoxy) is 2. The maximum absolute atomic E-state index is 5.50. The van der Waals surface area contributed by atoms with Gasteiger partial charge in [0.15, 0.2) is 16.3 Å². The summed E-state index contributed by atoms with van der Waals surface area (Å²) < 4.78 is 13.7. The second kappa shape index (κ2) is 6.32. The Morgan fingerprint density at radius 1 is 1.29 bits per heavy atom. The largest absolute Gasteiger partial charge is 0.493 e. The lowest BCUT2D eigenvalue weighted by molar-refractivity contribution is 0.355. The molecule has 1 atom stereocenters. The molecule has 2 heterocycles. The van der Waals surface area contributed by atoms with Crippen molar-refractivity contribution in [2.75, 3.05) is 20.0 Å². The Morgan fingerprint density at radius 3 is 2.71 bits per heavy atom. The summed E-state index contributed by atoms with van der Waals surface area (Å²) in [6, 6.07) is 3.96. The Balaban J connectivity index is 2.01. The number of nitrogens with one attached hydrogen (secondary N) is 1. The molecule has 0 amide bonds. The predicted octanol–water partition coefficient (Wildman–Crippen LogP) is 4.00. The second-order valence-electron chi connectivity index (χ2n) is 5.25. The zero-order chi connectivity index (χ0) is 14.8. The SMILES string of the molecule is COc1cc2[nH]c(=S)n(CC3CCCCS3)c2cc1OC. The third-order valence-corrected chi connectivity index (χ3v) is 5.64. The molecular formula is C15H20N2O2S2. The van der Waals surface area contributed by atoms with Gasteiger partial charge in [0.2, 0.25) is 0 Å². The minimum Gasteiger partial charge on any atom is -0.493 e. The topological polar surface area (TPSA) is 39.2 Å². The van der Waals surface area contributed by atoms with Crippen LogP contribution in [-0.2, 0) is 6.54 Å². The summed E-state index contributed by atoms with van der Waals surface area (Å²) in [6.07, 6.45) is 3.93. The highest BCUT2D eigenvalue weighted by Crippen LogP contribution is 2.33. The fraction of sp³-hybridized carbons (Fsp3) is 0.533. The van der Waals surface area contributed by atoms with Crippen LogP contribution in [0, 0.1) is 4.77 Å². The monoisotopic (exact) mass is 324 g/mol. The number of H-pyrrole nitrogens is 1. The molecule has 21 heavy (non-hydrogen) atoms. The number of hydrogen-bond acceptors (Lipinski definition) is 4. The molecule has 0 saturated carbocycles. The first-order chi connectivity index (χ1) is 10.2. The Morgan fingerprint density at radius 2 is 2.05 bits per heavy atom. The van der Waals surface area contributed by atoms with E-state index in [1.807, 2.05) is 12.1 Å². The summed E-state index contributed by atoms with van der Waals surface area (Å²) in [7, 11) is 3.31. The fourth-order valence-corrected chi connectivity index (χ4v) is 4.39. The van der Waals surface area contributed by atoms with Crippen molar-refractivity contribution in [1.82, 2.24) is 9.55 Å². The Labute approximate surface area is 133 Å². The molecule has 1 fully saturated rings. The van der Waals surface area contributed by atoms with Crippen LogP contribution in [0.3, 0.4) is 0 Å². The van der Waals surface area contributed by atoms with Gasteiger partial charge >= 0.3 is 0 Å². The molecule has 1 aliphatic heterocycles. The lowest BCUT2D eigenvalue weighted by atomic mass is 10.2. The molecule has 1 aromatic heterocycles. The molecule has 3 rings (SSSR count). The van der Waals surface area contributed by atoms with Gasteiger partial charge in [-0.25, -0.2) is 0 Å². The Bertz CT molecular complexity index is 687. The van der Waals surface area contributed by atoms with Gasteiger partial charge in [0.25, 0.3) is 0 Å². The van der Waals surface area contributed by atoms with Crippen molar-refractivity contribution in [3.63, 3.8) is 0 Å². The molecule has 1 unspecified atom stereocenters. The summed E-state index contributed by atoms with van der Waals surface area (Å²) in [5.74, 6) is 2.72. The molecule has 6 heteroatoms. The predicted molar refractivity (Wildman–Crippen MR) is 90.3 cm³/mol. The van der Waals surface area contributed by atoms with Crippen LogP contribution < -0.4 is 9.47 Å². The van der Waals surface area contributed by atoms with Crippen LogP contribution >= 0.6 is 24.0 Å². The van der Waals surface area contributed by atoms with E-state index in [-0.39, 0.29) is 0 Å².